The summed E-state index contributed by atoms with van der Waals surface area (Å²) < 4.78 is 1.03. The predicted molar refractivity (Wildman–Crippen MR) is 104 cm³/mol. The fraction of sp³-hybridized carbons (Fsp3) is 0.158. The van der Waals surface area contributed by atoms with Gasteiger partial charge in [-0.15, -0.1) is 0 Å². The SMILES string of the molecule is CCN(C(=O)c1n[nH]c(=O)c2ccccc12)c1nc2c(C)cccc2s1. The summed E-state index contributed by atoms with van der Waals surface area (Å²) in [7, 11) is 0. The molecule has 6 nitrogen and oxygen atoms in total. The molecule has 4 aromatic rings. The lowest BCUT2D eigenvalue weighted by Crippen LogP contribution is -2.32. The molecule has 1 amide bonds. The molecule has 0 radical (unpaired) electrons. The van der Waals surface area contributed by atoms with Crippen LogP contribution in [0.5, 0.6) is 0 Å². The minimum absolute atomic E-state index is 0.220. The number of hydrogen-bond acceptors (Lipinski definition) is 5. The third-order valence-corrected chi connectivity index (χ3v) is 5.34. The molecular weight excluding hydrogens is 348 g/mol. The van der Waals surface area contributed by atoms with E-state index in [0.29, 0.717) is 22.4 Å². The summed E-state index contributed by atoms with van der Waals surface area (Å²) in [6.45, 7) is 4.35. The number of hydrogen-bond donors (Lipinski definition) is 1. The van der Waals surface area contributed by atoms with Crippen LogP contribution in [0.25, 0.3) is 21.0 Å². The molecule has 0 spiro atoms. The van der Waals surface area contributed by atoms with Gasteiger partial charge in [-0.1, -0.05) is 41.7 Å². The number of aryl methyl sites for hydroxylation is 1. The Labute approximate surface area is 153 Å². The lowest BCUT2D eigenvalue weighted by molar-refractivity contribution is 0.0984. The number of carbonyl (C=O) groups is 1. The van der Waals surface area contributed by atoms with Crippen molar-refractivity contribution in [3.05, 3.63) is 64.1 Å². The van der Waals surface area contributed by atoms with Gasteiger partial charge in [-0.3, -0.25) is 14.5 Å². The maximum absolute atomic E-state index is 13.2. The third-order valence-electron chi connectivity index (χ3n) is 4.30. The van der Waals surface area contributed by atoms with Crippen LogP contribution in [0, 0.1) is 6.92 Å². The van der Waals surface area contributed by atoms with E-state index in [1.54, 1.807) is 29.2 Å². The van der Waals surface area contributed by atoms with Crippen LogP contribution >= 0.6 is 11.3 Å². The van der Waals surface area contributed by atoms with Crippen molar-refractivity contribution in [3.63, 3.8) is 0 Å². The van der Waals surface area contributed by atoms with E-state index in [0.717, 1.165) is 15.8 Å². The molecule has 2 aromatic carbocycles. The summed E-state index contributed by atoms with van der Waals surface area (Å²) in [5.74, 6) is -0.281. The van der Waals surface area contributed by atoms with Gasteiger partial charge < -0.3 is 0 Å². The molecule has 7 heteroatoms. The van der Waals surface area contributed by atoms with Gasteiger partial charge in [0.05, 0.1) is 15.6 Å². The normalized spacial score (nSPS) is 11.2. The molecule has 0 fully saturated rings. The summed E-state index contributed by atoms with van der Waals surface area (Å²) in [4.78, 5) is 31.4. The number of fused-ring (bicyclic) bond motifs is 2. The van der Waals surface area contributed by atoms with E-state index < -0.39 is 0 Å². The summed E-state index contributed by atoms with van der Waals surface area (Å²) in [6, 6.07) is 13.0. The number of carbonyl (C=O) groups excluding carboxylic acids is 1. The summed E-state index contributed by atoms with van der Waals surface area (Å²) >= 11 is 1.47. The van der Waals surface area contributed by atoms with Crippen molar-refractivity contribution in [1.29, 1.82) is 0 Å². The Bertz CT molecular complexity index is 1200. The van der Waals surface area contributed by atoms with Crippen LogP contribution in [0.4, 0.5) is 5.13 Å². The Balaban J connectivity index is 1.84. The molecule has 26 heavy (non-hydrogen) atoms. The molecule has 0 aliphatic carbocycles. The first kappa shape index (κ1) is 16.4. The van der Waals surface area contributed by atoms with Crippen LogP contribution in [-0.2, 0) is 0 Å². The Morgan fingerprint density at radius 1 is 1.15 bits per heavy atom. The predicted octanol–water partition coefficient (Wildman–Crippen LogP) is 3.51. The number of H-pyrrole nitrogens is 1. The highest BCUT2D eigenvalue weighted by Crippen LogP contribution is 2.31. The van der Waals surface area contributed by atoms with Gasteiger partial charge >= 0.3 is 0 Å². The zero-order chi connectivity index (χ0) is 18.3. The minimum atomic E-state index is -0.309. The molecule has 0 saturated heterocycles. The average molecular weight is 364 g/mol. The molecule has 0 atom stereocenters. The average Bonchev–Trinajstić information content (AvgIpc) is 3.08. The summed E-state index contributed by atoms with van der Waals surface area (Å²) in [5, 5.41) is 8.05. The van der Waals surface area contributed by atoms with Gasteiger partial charge in [0.1, 0.15) is 0 Å². The van der Waals surface area contributed by atoms with Gasteiger partial charge in [0.2, 0.25) is 0 Å². The second-order valence-corrected chi connectivity index (χ2v) is 6.92. The van der Waals surface area contributed by atoms with Gasteiger partial charge in [-0.2, -0.15) is 5.10 Å². The van der Waals surface area contributed by atoms with Crippen molar-refractivity contribution < 1.29 is 4.79 Å². The van der Waals surface area contributed by atoms with Gasteiger partial charge in [-0.25, -0.2) is 10.1 Å². The fourth-order valence-electron chi connectivity index (χ4n) is 2.96. The van der Waals surface area contributed by atoms with E-state index in [4.69, 9.17) is 0 Å². The first-order chi connectivity index (χ1) is 12.6. The quantitative estimate of drug-likeness (QED) is 0.603. The highest BCUT2D eigenvalue weighted by atomic mass is 32.1. The topological polar surface area (TPSA) is 79.0 Å². The summed E-state index contributed by atoms with van der Waals surface area (Å²) in [6.07, 6.45) is 0. The number of nitrogens with one attached hydrogen (secondary N) is 1. The van der Waals surface area contributed by atoms with E-state index in [1.807, 2.05) is 32.0 Å². The molecule has 2 aromatic heterocycles. The van der Waals surface area contributed by atoms with Crippen LogP contribution in [0.1, 0.15) is 23.0 Å². The van der Waals surface area contributed by atoms with Crippen LogP contribution in [0.2, 0.25) is 0 Å². The maximum Gasteiger partial charge on any atom is 0.281 e. The fourth-order valence-corrected chi connectivity index (χ4v) is 4.07. The molecule has 4 rings (SSSR count). The van der Waals surface area contributed by atoms with E-state index in [1.165, 1.54) is 11.3 Å². The van der Waals surface area contributed by atoms with Gasteiger partial charge in [0, 0.05) is 11.9 Å². The molecule has 2 heterocycles. The monoisotopic (exact) mass is 364 g/mol. The second kappa shape index (κ2) is 6.34. The number of amides is 1. The lowest BCUT2D eigenvalue weighted by Gasteiger charge is -2.17. The number of rotatable bonds is 3. The Kier molecular flexibility index (Phi) is 4.00. The standard InChI is InChI=1S/C19H16N4O2S/c1-3-23(19-20-15-11(2)7-6-10-14(15)26-19)18(25)16-12-8-4-5-9-13(12)17(24)22-21-16/h4-10H,3H2,1-2H3,(H,22,24). The van der Waals surface area contributed by atoms with E-state index >= 15 is 0 Å². The van der Waals surface area contributed by atoms with Crippen molar-refractivity contribution >= 4 is 43.4 Å². The van der Waals surface area contributed by atoms with E-state index in [-0.39, 0.29) is 17.2 Å². The Morgan fingerprint density at radius 3 is 2.65 bits per heavy atom. The largest absolute Gasteiger partial charge is 0.283 e. The first-order valence-electron chi connectivity index (χ1n) is 8.25. The van der Waals surface area contributed by atoms with E-state index in [9.17, 15) is 9.59 Å². The number of thiazole rings is 1. The first-order valence-corrected chi connectivity index (χ1v) is 9.07. The Hall–Kier alpha value is -3.06. The van der Waals surface area contributed by atoms with Crippen LogP contribution in [-0.4, -0.2) is 27.6 Å². The molecule has 130 valence electrons. The molecule has 0 aliphatic rings. The van der Waals surface area contributed by atoms with Gasteiger partial charge in [-0.05, 0) is 31.5 Å². The van der Waals surface area contributed by atoms with Gasteiger partial charge in [0.15, 0.2) is 10.8 Å². The maximum atomic E-state index is 13.2. The number of para-hydroxylation sites is 1. The van der Waals surface area contributed by atoms with Crippen molar-refractivity contribution in [1.82, 2.24) is 15.2 Å². The van der Waals surface area contributed by atoms with E-state index in [2.05, 4.69) is 15.2 Å². The number of aromatic amines is 1. The van der Waals surface area contributed by atoms with Crippen LogP contribution < -0.4 is 10.5 Å². The summed E-state index contributed by atoms with van der Waals surface area (Å²) in [5.41, 5.74) is 1.88. The Morgan fingerprint density at radius 2 is 1.92 bits per heavy atom. The van der Waals surface area contributed by atoms with Crippen molar-refractivity contribution in [2.24, 2.45) is 0 Å². The van der Waals surface area contributed by atoms with Gasteiger partial charge in [0.25, 0.3) is 11.5 Å². The number of aromatic nitrogens is 3. The van der Waals surface area contributed by atoms with Crippen molar-refractivity contribution in [3.8, 4) is 0 Å². The molecule has 0 saturated carbocycles. The highest BCUT2D eigenvalue weighted by Gasteiger charge is 2.23. The number of anilines is 1. The molecule has 1 N–H and O–H groups in total. The number of nitrogens with zero attached hydrogens (tertiary/aromatic N) is 3. The van der Waals surface area contributed by atoms with Crippen molar-refractivity contribution in [2.45, 2.75) is 13.8 Å². The smallest absolute Gasteiger partial charge is 0.281 e. The van der Waals surface area contributed by atoms with Crippen LogP contribution in [0.3, 0.4) is 0 Å². The third kappa shape index (κ3) is 2.57. The second-order valence-electron chi connectivity index (χ2n) is 5.91. The van der Waals surface area contributed by atoms with Crippen molar-refractivity contribution in [2.75, 3.05) is 11.4 Å². The molecule has 0 aliphatic heterocycles. The number of benzene rings is 2. The zero-order valence-electron chi connectivity index (χ0n) is 14.3. The molecule has 0 bridgehead atoms. The lowest BCUT2D eigenvalue weighted by atomic mass is 10.1. The molecular formula is C19H16N4O2S. The molecule has 0 unspecified atom stereocenters. The zero-order valence-corrected chi connectivity index (χ0v) is 15.1. The van der Waals surface area contributed by atoms with Crippen LogP contribution in [0.15, 0.2) is 47.3 Å². The highest BCUT2D eigenvalue weighted by molar-refractivity contribution is 7.22. The minimum Gasteiger partial charge on any atom is -0.283 e.